The predicted octanol–water partition coefficient (Wildman–Crippen LogP) is -0.315. The second kappa shape index (κ2) is 1.76. The summed E-state index contributed by atoms with van der Waals surface area (Å²) in [6, 6.07) is 0. The molecule has 2 N–H and O–H groups in total. The summed E-state index contributed by atoms with van der Waals surface area (Å²) in [6.45, 7) is 0. The maximum Gasteiger partial charge on any atom is 0.226 e. The Balaban J connectivity index is 2.58. The van der Waals surface area contributed by atoms with Crippen LogP contribution in [0.2, 0.25) is 0 Å². The maximum atomic E-state index is 11.0. The first-order valence-electron chi connectivity index (χ1n) is 3.02. The van der Waals surface area contributed by atoms with Crippen LogP contribution in [0.3, 0.4) is 0 Å². The lowest BCUT2D eigenvalue weighted by Gasteiger charge is -1.87. The van der Waals surface area contributed by atoms with Gasteiger partial charge < -0.3 is 10.3 Å². The largest absolute Gasteiger partial charge is 0.367 e. The standard InChI is InChI=1S/C5H6N2O3S/c6-5-3-1-11(8,9)2-4(3)7-10-5/h1-2,6H2. The summed E-state index contributed by atoms with van der Waals surface area (Å²) in [7, 11) is -2.99. The molecule has 11 heavy (non-hydrogen) atoms. The van der Waals surface area contributed by atoms with Gasteiger partial charge in [-0.2, -0.15) is 0 Å². The van der Waals surface area contributed by atoms with Crippen molar-refractivity contribution in [2.75, 3.05) is 5.73 Å². The van der Waals surface area contributed by atoms with Crippen LogP contribution in [0.4, 0.5) is 5.88 Å². The molecule has 0 fully saturated rings. The van der Waals surface area contributed by atoms with Crippen LogP contribution in [-0.4, -0.2) is 13.6 Å². The van der Waals surface area contributed by atoms with Gasteiger partial charge in [0.05, 0.1) is 17.1 Å². The second-order valence-corrected chi connectivity index (χ2v) is 4.57. The van der Waals surface area contributed by atoms with Gasteiger partial charge in [-0.15, -0.1) is 0 Å². The fourth-order valence-corrected chi connectivity index (χ4v) is 2.60. The van der Waals surface area contributed by atoms with E-state index in [9.17, 15) is 8.42 Å². The third-order valence-electron chi connectivity index (χ3n) is 1.62. The van der Waals surface area contributed by atoms with Gasteiger partial charge in [0.15, 0.2) is 9.84 Å². The molecule has 5 nitrogen and oxygen atoms in total. The van der Waals surface area contributed by atoms with Crippen LogP contribution in [0.15, 0.2) is 4.52 Å². The summed E-state index contributed by atoms with van der Waals surface area (Å²) < 4.78 is 26.5. The molecule has 0 spiro atoms. The Kier molecular flexibility index (Phi) is 1.07. The fourth-order valence-electron chi connectivity index (χ4n) is 1.10. The first-order chi connectivity index (χ1) is 5.08. The lowest BCUT2D eigenvalue weighted by Crippen LogP contribution is -1.98. The van der Waals surface area contributed by atoms with Crippen molar-refractivity contribution in [3.05, 3.63) is 11.3 Å². The van der Waals surface area contributed by atoms with Gasteiger partial charge in [0.1, 0.15) is 5.69 Å². The number of nitrogens with two attached hydrogens (primary N) is 1. The van der Waals surface area contributed by atoms with Crippen molar-refractivity contribution < 1.29 is 12.9 Å². The molecular weight excluding hydrogens is 168 g/mol. The van der Waals surface area contributed by atoms with Crippen LogP contribution in [0, 0.1) is 0 Å². The SMILES string of the molecule is Nc1onc2c1CS(=O)(=O)C2. The minimum atomic E-state index is -2.99. The minimum Gasteiger partial charge on any atom is -0.367 e. The number of sulfone groups is 1. The molecule has 0 saturated carbocycles. The molecule has 0 saturated heterocycles. The number of aromatic nitrogens is 1. The van der Waals surface area contributed by atoms with Crippen LogP contribution in [-0.2, 0) is 21.3 Å². The van der Waals surface area contributed by atoms with Crippen LogP contribution >= 0.6 is 0 Å². The van der Waals surface area contributed by atoms with Gasteiger partial charge in [-0.25, -0.2) is 8.42 Å². The molecule has 2 rings (SSSR count). The van der Waals surface area contributed by atoms with Crippen molar-refractivity contribution in [3.8, 4) is 0 Å². The highest BCUT2D eigenvalue weighted by Gasteiger charge is 2.30. The zero-order chi connectivity index (χ0) is 8.06. The predicted molar refractivity (Wildman–Crippen MR) is 37.2 cm³/mol. The minimum absolute atomic E-state index is 0.0301. The summed E-state index contributed by atoms with van der Waals surface area (Å²) in [4.78, 5) is 0. The average Bonchev–Trinajstić information content (AvgIpc) is 2.31. The highest BCUT2D eigenvalue weighted by atomic mass is 32.2. The van der Waals surface area contributed by atoms with E-state index < -0.39 is 9.84 Å². The topological polar surface area (TPSA) is 86.2 Å². The van der Waals surface area contributed by atoms with E-state index in [1.54, 1.807) is 0 Å². The summed E-state index contributed by atoms with van der Waals surface area (Å²) in [5.41, 5.74) is 6.31. The normalized spacial score (nSPS) is 20.0. The Morgan fingerprint density at radius 1 is 1.45 bits per heavy atom. The molecule has 0 atom stereocenters. The number of nitrogen functional groups attached to an aromatic ring is 1. The molecule has 60 valence electrons. The third-order valence-corrected chi connectivity index (χ3v) is 3.06. The third kappa shape index (κ3) is 0.900. The molecule has 0 aromatic carbocycles. The monoisotopic (exact) mass is 174 g/mol. The van der Waals surface area contributed by atoms with E-state index in [0.29, 0.717) is 11.3 Å². The summed E-state index contributed by atoms with van der Waals surface area (Å²) in [6.07, 6.45) is 0. The summed E-state index contributed by atoms with van der Waals surface area (Å²) >= 11 is 0. The molecule has 1 aliphatic heterocycles. The molecule has 1 aromatic rings. The van der Waals surface area contributed by atoms with E-state index >= 15 is 0 Å². The van der Waals surface area contributed by atoms with Gasteiger partial charge in [0.2, 0.25) is 5.88 Å². The highest BCUT2D eigenvalue weighted by Crippen LogP contribution is 2.28. The lowest BCUT2D eigenvalue weighted by atomic mass is 10.3. The molecule has 0 bridgehead atoms. The zero-order valence-electron chi connectivity index (χ0n) is 5.57. The van der Waals surface area contributed by atoms with Crippen molar-refractivity contribution in [2.45, 2.75) is 11.5 Å². The zero-order valence-corrected chi connectivity index (χ0v) is 6.39. The van der Waals surface area contributed by atoms with E-state index in [2.05, 4.69) is 9.68 Å². The van der Waals surface area contributed by atoms with E-state index in [4.69, 9.17) is 5.73 Å². The first kappa shape index (κ1) is 6.66. The molecule has 1 aromatic heterocycles. The van der Waals surface area contributed by atoms with Crippen LogP contribution < -0.4 is 5.73 Å². The number of rotatable bonds is 0. The van der Waals surface area contributed by atoms with Crippen molar-refractivity contribution in [1.29, 1.82) is 0 Å². The van der Waals surface area contributed by atoms with Crippen LogP contribution in [0.25, 0.3) is 0 Å². The summed E-state index contributed by atoms with van der Waals surface area (Å²) in [5, 5.41) is 3.51. The lowest BCUT2D eigenvalue weighted by molar-refractivity contribution is 0.429. The quantitative estimate of drug-likeness (QED) is 0.582. The molecule has 0 radical (unpaired) electrons. The van der Waals surface area contributed by atoms with Gasteiger partial charge >= 0.3 is 0 Å². The Labute approximate surface area is 63.1 Å². The van der Waals surface area contributed by atoms with Gasteiger partial charge in [0.25, 0.3) is 0 Å². The number of nitrogens with zero attached hydrogens (tertiary/aromatic N) is 1. The maximum absolute atomic E-state index is 11.0. The molecule has 1 aliphatic rings. The molecular formula is C5H6N2O3S. The number of fused-ring (bicyclic) bond motifs is 1. The van der Waals surface area contributed by atoms with E-state index in [1.807, 2.05) is 0 Å². The summed E-state index contributed by atoms with van der Waals surface area (Å²) in [5.74, 6) is 0.0572. The highest BCUT2D eigenvalue weighted by molar-refractivity contribution is 7.90. The molecule has 6 heteroatoms. The smallest absolute Gasteiger partial charge is 0.226 e. The fraction of sp³-hybridized carbons (Fsp3) is 0.400. The Hall–Kier alpha value is -1.04. The van der Waals surface area contributed by atoms with Crippen LogP contribution in [0.1, 0.15) is 11.3 Å². The van der Waals surface area contributed by atoms with Gasteiger partial charge in [-0.05, 0) is 0 Å². The first-order valence-corrected chi connectivity index (χ1v) is 4.84. The Morgan fingerprint density at radius 2 is 2.18 bits per heavy atom. The van der Waals surface area contributed by atoms with Gasteiger partial charge in [-0.3, -0.25) is 0 Å². The van der Waals surface area contributed by atoms with E-state index in [-0.39, 0.29) is 17.4 Å². The molecule has 0 aliphatic carbocycles. The van der Waals surface area contributed by atoms with E-state index in [1.165, 1.54) is 0 Å². The van der Waals surface area contributed by atoms with Crippen LogP contribution in [0.5, 0.6) is 0 Å². The van der Waals surface area contributed by atoms with Gasteiger partial charge in [-0.1, -0.05) is 5.16 Å². The average molecular weight is 174 g/mol. The molecule has 0 unspecified atom stereocenters. The van der Waals surface area contributed by atoms with Crippen molar-refractivity contribution >= 4 is 15.7 Å². The second-order valence-electron chi connectivity index (χ2n) is 2.50. The Bertz CT molecular complexity index is 392. The number of hydrogen-bond acceptors (Lipinski definition) is 5. The number of hydrogen-bond donors (Lipinski definition) is 1. The number of anilines is 1. The van der Waals surface area contributed by atoms with Gasteiger partial charge in [0, 0.05) is 0 Å². The van der Waals surface area contributed by atoms with E-state index in [0.717, 1.165) is 0 Å². The van der Waals surface area contributed by atoms with Crippen molar-refractivity contribution in [1.82, 2.24) is 5.16 Å². The van der Waals surface area contributed by atoms with Crippen molar-refractivity contribution in [3.63, 3.8) is 0 Å². The Morgan fingerprint density at radius 3 is 2.82 bits per heavy atom. The van der Waals surface area contributed by atoms with Crippen molar-refractivity contribution in [2.24, 2.45) is 0 Å². The molecule has 0 amide bonds. The molecule has 2 heterocycles.